The molecule has 0 radical (unpaired) electrons. The first-order valence-corrected chi connectivity index (χ1v) is 15.3. The minimum Gasteiger partial charge on any atom is -0.464 e. The third-order valence-corrected chi connectivity index (χ3v) is 8.60. The summed E-state index contributed by atoms with van der Waals surface area (Å²) in [6.45, 7) is 3.17. The summed E-state index contributed by atoms with van der Waals surface area (Å²) in [6, 6.07) is 15.5. The topological polar surface area (TPSA) is 120 Å². The maximum atomic E-state index is 14.0. The molecule has 5 rings (SSSR count). The van der Waals surface area contributed by atoms with Gasteiger partial charge in [-0.1, -0.05) is 58.4 Å². The molecule has 1 unspecified atom stereocenters. The van der Waals surface area contributed by atoms with Crippen molar-refractivity contribution in [3.63, 3.8) is 0 Å². The number of rotatable bonds is 8. The van der Waals surface area contributed by atoms with Crippen molar-refractivity contribution < 1.29 is 37.0 Å². The molecule has 1 spiro atoms. The largest absolute Gasteiger partial charge is 0.464 e. The Morgan fingerprint density at radius 2 is 1.76 bits per heavy atom. The predicted molar refractivity (Wildman–Crippen MR) is 162 cm³/mol. The molecular weight excluding hydrogens is 659 g/mol. The number of piperidine rings is 1. The highest BCUT2D eigenvalue weighted by atomic mass is 79.9. The summed E-state index contributed by atoms with van der Waals surface area (Å²) in [5, 5.41) is 0. The number of nitrogens with zero attached hydrogens (tertiary/aromatic N) is 4. The number of amides is 1. The quantitative estimate of drug-likeness (QED) is 0.281. The van der Waals surface area contributed by atoms with Gasteiger partial charge in [-0.25, -0.2) is 9.59 Å². The number of alkyl halides is 3. The smallest absolute Gasteiger partial charge is 0.429 e. The van der Waals surface area contributed by atoms with E-state index in [1.807, 2.05) is 35.2 Å². The average molecular weight is 693 g/mol. The van der Waals surface area contributed by atoms with Crippen LogP contribution >= 0.6 is 15.9 Å². The van der Waals surface area contributed by atoms with Crippen molar-refractivity contribution in [3.8, 4) is 5.88 Å². The second kappa shape index (κ2) is 13.5. The van der Waals surface area contributed by atoms with Crippen molar-refractivity contribution in [2.24, 2.45) is 5.41 Å². The fourth-order valence-electron chi connectivity index (χ4n) is 5.81. The van der Waals surface area contributed by atoms with Gasteiger partial charge in [0, 0.05) is 35.7 Å². The number of nitrogens with two attached hydrogens (primary N) is 1. The highest BCUT2D eigenvalue weighted by Crippen LogP contribution is 2.45. The summed E-state index contributed by atoms with van der Waals surface area (Å²) in [4.78, 5) is 37.5. The van der Waals surface area contributed by atoms with E-state index in [1.54, 1.807) is 6.92 Å². The van der Waals surface area contributed by atoms with Gasteiger partial charge in [-0.3, -0.25) is 4.90 Å². The maximum Gasteiger partial charge on any atom is 0.429 e. The number of benzene rings is 2. The van der Waals surface area contributed by atoms with Crippen LogP contribution in [0.2, 0.25) is 0 Å². The molecule has 240 valence electrons. The average Bonchev–Trinajstić information content (AvgIpc) is 3.38. The van der Waals surface area contributed by atoms with Crippen molar-refractivity contribution in [2.45, 2.75) is 51.1 Å². The normalized spacial score (nSPS) is 18.5. The van der Waals surface area contributed by atoms with E-state index in [2.05, 4.69) is 25.9 Å². The number of carbonyl (C=O) groups is 2. The molecule has 3 aromatic rings. The summed E-state index contributed by atoms with van der Waals surface area (Å²) in [7, 11) is 0. The highest BCUT2D eigenvalue weighted by molar-refractivity contribution is 9.10. The minimum atomic E-state index is -4.71. The van der Waals surface area contributed by atoms with E-state index >= 15 is 0 Å². The maximum absolute atomic E-state index is 14.0. The molecule has 3 heterocycles. The number of halogens is 4. The molecule has 45 heavy (non-hydrogen) atoms. The molecular formula is C31H33BrF3N5O5. The van der Waals surface area contributed by atoms with Crippen molar-refractivity contribution in [1.29, 1.82) is 0 Å². The Morgan fingerprint density at radius 1 is 1.07 bits per heavy atom. The Morgan fingerprint density at radius 3 is 2.40 bits per heavy atom. The molecule has 0 bridgehead atoms. The molecule has 2 aromatic carbocycles. The second-order valence-corrected chi connectivity index (χ2v) is 12.1. The van der Waals surface area contributed by atoms with Gasteiger partial charge in [0.05, 0.1) is 6.61 Å². The summed E-state index contributed by atoms with van der Waals surface area (Å²) in [6.07, 6.45) is -6.00. The predicted octanol–water partition coefficient (Wildman–Crippen LogP) is 6.06. The lowest BCUT2D eigenvalue weighted by atomic mass is 9.76. The van der Waals surface area contributed by atoms with Crippen LogP contribution in [0.4, 0.5) is 29.7 Å². The third kappa shape index (κ3) is 7.78. The van der Waals surface area contributed by atoms with Gasteiger partial charge < -0.3 is 24.8 Å². The molecule has 2 fully saturated rings. The second-order valence-electron chi connectivity index (χ2n) is 11.1. The minimum absolute atomic E-state index is 0.0725. The van der Waals surface area contributed by atoms with E-state index in [1.165, 1.54) is 35.2 Å². The molecule has 1 amide bonds. The summed E-state index contributed by atoms with van der Waals surface area (Å²) in [5.74, 6) is -0.694. The van der Waals surface area contributed by atoms with E-state index < -0.39 is 30.4 Å². The zero-order chi connectivity index (χ0) is 32.2. The van der Waals surface area contributed by atoms with Gasteiger partial charge in [0.15, 0.2) is 0 Å². The van der Waals surface area contributed by atoms with Gasteiger partial charge in [-0.2, -0.15) is 23.1 Å². The molecule has 0 saturated carbocycles. The number of esters is 1. The lowest BCUT2D eigenvalue weighted by Gasteiger charge is -2.39. The Hall–Kier alpha value is -4.07. The van der Waals surface area contributed by atoms with E-state index in [4.69, 9.17) is 19.9 Å². The molecule has 1 aromatic heterocycles. The number of anilines is 2. The molecule has 2 aliphatic rings. The summed E-state index contributed by atoms with van der Waals surface area (Å²) in [5.41, 5.74) is 6.25. The Bertz CT molecular complexity index is 1490. The molecule has 14 heteroatoms. The van der Waals surface area contributed by atoms with Crippen LogP contribution in [0.15, 0.2) is 65.1 Å². The molecule has 2 saturated heterocycles. The number of aromatic nitrogens is 2. The molecule has 2 aliphatic heterocycles. The van der Waals surface area contributed by atoms with Crippen LogP contribution in [0.3, 0.4) is 0 Å². The Kier molecular flexibility index (Phi) is 9.70. The van der Waals surface area contributed by atoms with Crippen molar-refractivity contribution in [3.05, 3.63) is 76.3 Å². The summed E-state index contributed by atoms with van der Waals surface area (Å²) < 4.78 is 58.8. The molecule has 2 N–H and O–H groups in total. The fraction of sp³-hybridized carbons (Fsp3) is 0.419. The first-order valence-electron chi connectivity index (χ1n) is 14.5. The van der Waals surface area contributed by atoms with Crippen LogP contribution in [0.25, 0.3) is 0 Å². The van der Waals surface area contributed by atoms with Gasteiger partial charge in [-0.15, -0.1) is 0 Å². The zero-order valence-electron chi connectivity index (χ0n) is 24.5. The van der Waals surface area contributed by atoms with Gasteiger partial charge in [0.2, 0.25) is 17.9 Å². The number of hydrogen-bond acceptors (Lipinski definition) is 9. The number of nitrogen functional groups attached to an aromatic ring is 1. The van der Waals surface area contributed by atoms with E-state index in [-0.39, 0.29) is 36.0 Å². The van der Waals surface area contributed by atoms with Crippen molar-refractivity contribution in [1.82, 2.24) is 14.9 Å². The first-order chi connectivity index (χ1) is 21.5. The molecule has 0 aliphatic carbocycles. The number of carbonyl (C=O) groups excluding carboxylic acids is 2. The fourth-order valence-corrected chi connectivity index (χ4v) is 6.07. The van der Waals surface area contributed by atoms with Gasteiger partial charge in [-0.05, 0) is 49.3 Å². The third-order valence-electron chi connectivity index (χ3n) is 8.07. The van der Waals surface area contributed by atoms with Gasteiger partial charge >= 0.3 is 18.2 Å². The van der Waals surface area contributed by atoms with Crippen molar-refractivity contribution >= 4 is 39.8 Å². The van der Waals surface area contributed by atoms with Crippen molar-refractivity contribution in [2.75, 3.05) is 36.9 Å². The number of hydrogen-bond donors (Lipinski definition) is 1. The van der Waals surface area contributed by atoms with Crippen LogP contribution in [0.1, 0.15) is 43.4 Å². The SMILES string of the molecule is CCOC(=O)C1CC2(CCN(c3cc(O[C@H](c4ccc(Br)cc4)C(F)(F)F)nc(N)n3)CC2)CN1C(=O)OCc1ccccc1. The van der Waals surface area contributed by atoms with Crippen LogP contribution in [-0.4, -0.2) is 65.4 Å². The van der Waals surface area contributed by atoms with Gasteiger partial charge in [0.1, 0.15) is 18.5 Å². The highest BCUT2D eigenvalue weighted by Gasteiger charge is 2.51. The Labute approximate surface area is 266 Å². The summed E-state index contributed by atoms with van der Waals surface area (Å²) >= 11 is 3.23. The first kappa shape index (κ1) is 32.3. The van der Waals surface area contributed by atoms with E-state index in [9.17, 15) is 22.8 Å². The standard InChI is InChI=1S/C31H33BrF3N5O5/c1-2-43-27(41)23-17-30(19-40(23)29(42)44-18-20-6-4-3-5-7-20)12-14-39(15-13-30)24-16-25(38-28(36)37-24)45-26(31(33,34)35)21-8-10-22(32)11-9-21/h3-11,16,23,26H,2,12-15,17-19H2,1H3,(H2,36,37,38)/t23?,26-/m1/s1. The lowest BCUT2D eigenvalue weighted by molar-refractivity contribution is -0.198. The monoisotopic (exact) mass is 691 g/mol. The molecule has 2 atom stereocenters. The molecule has 10 nitrogen and oxygen atoms in total. The Balaban J connectivity index is 1.28. The van der Waals surface area contributed by atoms with Gasteiger partial charge in [0.25, 0.3) is 0 Å². The van der Waals surface area contributed by atoms with E-state index in [0.717, 1.165) is 5.56 Å². The number of ether oxygens (including phenoxy) is 3. The van der Waals surface area contributed by atoms with Crippen LogP contribution in [-0.2, 0) is 20.9 Å². The lowest BCUT2D eigenvalue weighted by Crippen LogP contribution is -2.43. The van der Waals surface area contributed by atoms with Crippen LogP contribution in [0, 0.1) is 5.41 Å². The number of likely N-dealkylation sites (tertiary alicyclic amines) is 1. The zero-order valence-corrected chi connectivity index (χ0v) is 26.1. The van der Waals surface area contributed by atoms with Crippen LogP contribution < -0.4 is 15.4 Å². The van der Waals surface area contributed by atoms with E-state index in [0.29, 0.717) is 49.2 Å². The van der Waals surface area contributed by atoms with Crippen LogP contribution in [0.5, 0.6) is 5.88 Å².